The molecule has 0 saturated carbocycles. The first-order valence-electron chi connectivity index (χ1n) is 9.90. The van der Waals surface area contributed by atoms with Gasteiger partial charge in [0, 0.05) is 23.0 Å². The van der Waals surface area contributed by atoms with Crippen molar-refractivity contribution in [2.75, 3.05) is 20.3 Å². The zero-order chi connectivity index (χ0) is 21.8. The molecule has 8 heteroatoms. The van der Waals surface area contributed by atoms with Gasteiger partial charge >= 0.3 is 5.97 Å². The summed E-state index contributed by atoms with van der Waals surface area (Å²) < 4.78 is 17.2. The van der Waals surface area contributed by atoms with E-state index in [2.05, 4.69) is 26.2 Å². The maximum absolute atomic E-state index is 13.0. The van der Waals surface area contributed by atoms with E-state index in [4.69, 9.17) is 13.9 Å². The molecule has 160 valence electrons. The highest BCUT2D eigenvalue weighted by molar-refractivity contribution is 9.10. The second-order valence-corrected chi connectivity index (χ2v) is 8.06. The van der Waals surface area contributed by atoms with Crippen molar-refractivity contribution in [2.45, 2.75) is 18.9 Å². The number of esters is 1. The van der Waals surface area contributed by atoms with Crippen LogP contribution < -0.4 is 10.9 Å². The first-order valence-corrected chi connectivity index (χ1v) is 10.7. The number of carbonyl (C=O) groups excluding carboxylic acids is 2. The fourth-order valence-electron chi connectivity index (χ4n) is 3.39. The summed E-state index contributed by atoms with van der Waals surface area (Å²) in [6.07, 6.45) is 1.94. The molecule has 1 aliphatic rings. The van der Waals surface area contributed by atoms with Gasteiger partial charge in [-0.15, -0.1) is 0 Å². The van der Waals surface area contributed by atoms with Crippen molar-refractivity contribution in [3.05, 3.63) is 69.7 Å². The van der Waals surface area contributed by atoms with Crippen LogP contribution in [0.3, 0.4) is 0 Å². The monoisotopic (exact) mass is 484 g/mol. The van der Waals surface area contributed by atoms with Crippen molar-refractivity contribution in [1.82, 2.24) is 5.32 Å². The van der Waals surface area contributed by atoms with E-state index >= 15 is 0 Å². The van der Waals surface area contributed by atoms with Crippen molar-refractivity contribution in [3.63, 3.8) is 0 Å². The summed E-state index contributed by atoms with van der Waals surface area (Å²) in [5, 5.41) is 3.68. The number of amides is 1. The van der Waals surface area contributed by atoms with E-state index < -0.39 is 5.97 Å². The lowest BCUT2D eigenvalue weighted by Gasteiger charge is -2.11. The molecule has 4 rings (SSSR count). The molecule has 31 heavy (non-hydrogen) atoms. The number of carbonyl (C=O) groups is 2. The molecular weight excluding hydrogens is 464 g/mol. The molecule has 1 unspecified atom stereocenters. The van der Waals surface area contributed by atoms with E-state index in [-0.39, 0.29) is 17.6 Å². The highest BCUT2D eigenvalue weighted by Gasteiger charge is 2.19. The van der Waals surface area contributed by atoms with Crippen molar-refractivity contribution >= 4 is 44.5 Å². The number of hydrogen-bond donors (Lipinski definition) is 1. The van der Waals surface area contributed by atoms with Gasteiger partial charge in [0.25, 0.3) is 5.91 Å². The van der Waals surface area contributed by atoms with Crippen LogP contribution in [-0.4, -0.2) is 38.2 Å². The van der Waals surface area contributed by atoms with Crippen molar-refractivity contribution in [3.8, 4) is 0 Å². The van der Waals surface area contributed by atoms with E-state index in [0.29, 0.717) is 28.9 Å². The van der Waals surface area contributed by atoms with Gasteiger partial charge in [0.15, 0.2) is 0 Å². The third-order valence-electron chi connectivity index (χ3n) is 4.97. The smallest absolute Gasteiger partial charge is 0.337 e. The standard InChI is InChI=1S/C23H21BrN2O5/c1-29-23(28)14-4-2-5-17(11-14)26-22-19(21(27)25-13-18-6-3-9-30-18)12-15-10-16(24)7-8-20(15)31-22/h2,4-5,7-8,10-12,18H,3,6,9,13H2,1H3,(H,25,27). The van der Waals surface area contributed by atoms with Crippen molar-refractivity contribution in [2.24, 2.45) is 4.99 Å². The molecule has 7 nitrogen and oxygen atoms in total. The summed E-state index contributed by atoms with van der Waals surface area (Å²) in [5.74, 6) is -0.768. The molecule has 2 heterocycles. The van der Waals surface area contributed by atoms with Gasteiger partial charge in [0.05, 0.1) is 24.5 Å². The summed E-state index contributed by atoms with van der Waals surface area (Å²) in [5.41, 5.74) is 1.87. The second-order valence-electron chi connectivity index (χ2n) is 7.15. The topological polar surface area (TPSA) is 90.1 Å². The molecule has 1 N–H and O–H groups in total. The van der Waals surface area contributed by atoms with Gasteiger partial charge in [0.1, 0.15) is 11.1 Å². The molecule has 1 atom stereocenters. The number of hydrogen-bond acceptors (Lipinski definition) is 6. The highest BCUT2D eigenvalue weighted by atomic mass is 79.9. The third kappa shape index (κ3) is 5.03. The average Bonchev–Trinajstić information content (AvgIpc) is 3.30. The number of ether oxygens (including phenoxy) is 2. The van der Waals surface area contributed by atoms with Crippen LogP contribution in [-0.2, 0) is 9.47 Å². The minimum absolute atomic E-state index is 0.0209. The Balaban J connectivity index is 1.76. The first kappa shape index (κ1) is 21.3. The molecule has 1 fully saturated rings. The Morgan fingerprint density at radius 2 is 2.10 bits per heavy atom. The summed E-state index contributed by atoms with van der Waals surface area (Å²) in [4.78, 5) is 29.3. The summed E-state index contributed by atoms with van der Waals surface area (Å²) in [6, 6.07) is 13.9. The average molecular weight is 485 g/mol. The molecule has 3 aromatic rings. The molecule has 0 bridgehead atoms. The van der Waals surface area contributed by atoms with Crippen LogP contribution in [0.5, 0.6) is 0 Å². The molecule has 1 aromatic heterocycles. The van der Waals surface area contributed by atoms with Crippen LogP contribution in [0.1, 0.15) is 33.6 Å². The molecule has 1 saturated heterocycles. The number of halogens is 1. The zero-order valence-corrected chi connectivity index (χ0v) is 18.5. The Kier molecular flexibility index (Phi) is 6.48. The van der Waals surface area contributed by atoms with Gasteiger partial charge in [-0.2, -0.15) is 0 Å². The molecule has 0 spiro atoms. The lowest BCUT2D eigenvalue weighted by molar-refractivity contribution is 0.0600. The number of rotatable bonds is 5. The van der Waals surface area contributed by atoms with Crippen LogP contribution in [0, 0.1) is 0 Å². The van der Waals surface area contributed by atoms with Crippen LogP contribution in [0.2, 0.25) is 0 Å². The molecule has 1 aliphatic heterocycles. The van der Waals surface area contributed by atoms with Crippen molar-refractivity contribution < 1.29 is 23.5 Å². The van der Waals surface area contributed by atoms with Gasteiger partial charge < -0.3 is 19.2 Å². The molecule has 1 amide bonds. The molecule has 0 aliphatic carbocycles. The number of methoxy groups -OCH3 is 1. The van der Waals surface area contributed by atoms with E-state index in [1.54, 1.807) is 36.4 Å². The Bertz CT molecular complexity index is 1200. The Labute approximate surface area is 187 Å². The lowest BCUT2D eigenvalue weighted by atomic mass is 10.1. The fourth-order valence-corrected chi connectivity index (χ4v) is 3.77. The summed E-state index contributed by atoms with van der Waals surface area (Å²) in [6.45, 7) is 1.14. The van der Waals surface area contributed by atoms with E-state index in [9.17, 15) is 9.59 Å². The van der Waals surface area contributed by atoms with Crippen LogP contribution >= 0.6 is 15.9 Å². The number of nitrogens with one attached hydrogen (secondary N) is 1. The quantitative estimate of drug-likeness (QED) is 0.550. The van der Waals surface area contributed by atoms with Gasteiger partial charge in [-0.1, -0.05) is 22.0 Å². The third-order valence-corrected chi connectivity index (χ3v) is 5.46. The predicted molar refractivity (Wildman–Crippen MR) is 118 cm³/mol. The van der Waals surface area contributed by atoms with E-state index in [0.717, 1.165) is 29.3 Å². The lowest BCUT2D eigenvalue weighted by Crippen LogP contribution is -2.34. The van der Waals surface area contributed by atoms with Gasteiger partial charge in [-0.05, 0) is 55.3 Å². The normalized spacial score (nSPS) is 16.5. The number of fused-ring (bicyclic) bond motifs is 1. The number of benzene rings is 2. The fraction of sp³-hybridized carbons (Fsp3) is 0.261. The maximum Gasteiger partial charge on any atom is 0.337 e. The maximum atomic E-state index is 13.0. The first-order chi connectivity index (χ1) is 15.0. The summed E-state index contributed by atoms with van der Waals surface area (Å²) >= 11 is 3.44. The van der Waals surface area contributed by atoms with E-state index in [1.165, 1.54) is 7.11 Å². The molecule has 2 aromatic carbocycles. The molecular formula is C23H21BrN2O5. The Morgan fingerprint density at radius 3 is 2.87 bits per heavy atom. The van der Waals surface area contributed by atoms with Crippen LogP contribution in [0.4, 0.5) is 5.69 Å². The minimum Gasteiger partial charge on any atom is -0.465 e. The van der Waals surface area contributed by atoms with Gasteiger partial charge in [-0.3, -0.25) is 4.79 Å². The summed E-state index contributed by atoms with van der Waals surface area (Å²) in [7, 11) is 1.32. The van der Waals surface area contributed by atoms with Gasteiger partial charge in [-0.25, -0.2) is 9.79 Å². The Morgan fingerprint density at radius 1 is 1.23 bits per heavy atom. The van der Waals surface area contributed by atoms with Crippen molar-refractivity contribution in [1.29, 1.82) is 0 Å². The minimum atomic E-state index is -0.466. The largest absolute Gasteiger partial charge is 0.465 e. The van der Waals surface area contributed by atoms with Crippen LogP contribution in [0.15, 0.2) is 62.4 Å². The second kappa shape index (κ2) is 9.45. The van der Waals surface area contributed by atoms with Gasteiger partial charge in [0.2, 0.25) is 5.55 Å². The number of nitrogens with zero attached hydrogens (tertiary/aromatic N) is 1. The SMILES string of the molecule is COC(=O)c1cccc(N=c2oc3ccc(Br)cc3cc2C(=O)NCC2CCCO2)c1. The Hall–Kier alpha value is -2.97. The zero-order valence-electron chi connectivity index (χ0n) is 16.9. The van der Waals surface area contributed by atoms with E-state index in [1.807, 2.05) is 12.1 Å². The van der Waals surface area contributed by atoms with Crippen LogP contribution in [0.25, 0.3) is 11.0 Å². The highest BCUT2D eigenvalue weighted by Crippen LogP contribution is 2.21. The predicted octanol–water partition coefficient (Wildman–Crippen LogP) is 4.12. The molecule has 0 radical (unpaired) electrons.